The van der Waals surface area contributed by atoms with Crippen molar-refractivity contribution in [3.05, 3.63) is 35.4 Å². The second kappa shape index (κ2) is 6.48. The van der Waals surface area contributed by atoms with Crippen LogP contribution in [0.1, 0.15) is 24.8 Å². The van der Waals surface area contributed by atoms with Crippen LogP contribution >= 0.6 is 11.6 Å². The zero-order valence-electron chi connectivity index (χ0n) is 10.3. The first-order valence-corrected chi connectivity index (χ1v) is 6.95. The molecule has 1 fully saturated rings. The van der Waals surface area contributed by atoms with E-state index in [-0.39, 0.29) is 0 Å². The van der Waals surface area contributed by atoms with Crippen LogP contribution in [0, 0.1) is 17.6 Å². The van der Waals surface area contributed by atoms with Gasteiger partial charge in [-0.25, -0.2) is 8.78 Å². The molecule has 1 unspecified atom stereocenters. The largest absolute Gasteiger partial charge is 0.299 e. The minimum Gasteiger partial charge on any atom is -0.299 e. The van der Waals surface area contributed by atoms with Gasteiger partial charge in [-0.3, -0.25) is 4.90 Å². The molecule has 1 aliphatic heterocycles. The van der Waals surface area contributed by atoms with E-state index >= 15 is 0 Å². The van der Waals surface area contributed by atoms with Crippen molar-refractivity contribution in [3.8, 4) is 0 Å². The summed E-state index contributed by atoms with van der Waals surface area (Å²) in [6, 6.07) is 4.38. The molecule has 0 saturated carbocycles. The lowest BCUT2D eigenvalue weighted by Gasteiger charge is -2.32. The van der Waals surface area contributed by atoms with Crippen molar-refractivity contribution in [3.63, 3.8) is 0 Å². The van der Waals surface area contributed by atoms with Crippen LogP contribution in [0.5, 0.6) is 0 Å². The topological polar surface area (TPSA) is 3.24 Å². The Labute approximate surface area is 112 Å². The Morgan fingerprint density at radius 2 is 2.17 bits per heavy atom. The van der Waals surface area contributed by atoms with Crippen molar-refractivity contribution in [2.24, 2.45) is 5.92 Å². The van der Waals surface area contributed by atoms with Crippen LogP contribution in [0.4, 0.5) is 8.78 Å². The molecule has 4 heteroatoms. The lowest BCUT2D eigenvalue weighted by atomic mass is 9.95. The number of benzene rings is 1. The molecule has 0 amide bonds. The summed E-state index contributed by atoms with van der Waals surface area (Å²) in [7, 11) is 0. The number of rotatable bonds is 4. The zero-order valence-corrected chi connectivity index (χ0v) is 11.1. The molecule has 0 aliphatic carbocycles. The van der Waals surface area contributed by atoms with Gasteiger partial charge >= 0.3 is 0 Å². The van der Waals surface area contributed by atoms with Gasteiger partial charge < -0.3 is 0 Å². The smallest absolute Gasteiger partial charge is 0.163 e. The highest BCUT2D eigenvalue weighted by molar-refractivity contribution is 6.17. The second-order valence-corrected chi connectivity index (χ2v) is 5.31. The molecule has 18 heavy (non-hydrogen) atoms. The highest BCUT2D eigenvalue weighted by Gasteiger charge is 2.20. The average Bonchev–Trinajstić information content (AvgIpc) is 2.36. The number of hydrogen-bond acceptors (Lipinski definition) is 1. The Balaban J connectivity index is 1.98. The first-order chi connectivity index (χ1) is 8.70. The Morgan fingerprint density at radius 3 is 2.94 bits per heavy atom. The van der Waals surface area contributed by atoms with E-state index in [2.05, 4.69) is 4.90 Å². The van der Waals surface area contributed by atoms with Gasteiger partial charge in [0.25, 0.3) is 0 Å². The van der Waals surface area contributed by atoms with Crippen LogP contribution in [-0.2, 0) is 6.54 Å². The first-order valence-electron chi connectivity index (χ1n) is 6.42. The van der Waals surface area contributed by atoms with Crippen molar-refractivity contribution in [2.45, 2.75) is 25.8 Å². The Bertz CT molecular complexity index is 395. The fourth-order valence-electron chi connectivity index (χ4n) is 2.60. The van der Waals surface area contributed by atoms with Crippen molar-refractivity contribution in [1.82, 2.24) is 4.90 Å². The molecule has 0 bridgehead atoms. The summed E-state index contributed by atoms with van der Waals surface area (Å²) in [4.78, 5) is 2.19. The van der Waals surface area contributed by atoms with Gasteiger partial charge in [0.2, 0.25) is 0 Å². The quantitative estimate of drug-likeness (QED) is 0.754. The van der Waals surface area contributed by atoms with Gasteiger partial charge in [0.15, 0.2) is 11.6 Å². The number of halogens is 3. The van der Waals surface area contributed by atoms with E-state index in [1.807, 2.05) is 0 Å². The van der Waals surface area contributed by atoms with Gasteiger partial charge in [0.1, 0.15) is 0 Å². The predicted octanol–water partition coefficient (Wildman–Crippen LogP) is 3.81. The molecule has 1 nitrogen and oxygen atoms in total. The first kappa shape index (κ1) is 13.8. The molecule has 100 valence electrons. The fourth-order valence-corrected chi connectivity index (χ4v) is 2.90. The third kappa shape index (κ3) is 3.42. The van der Waals surface area contributed by atoms with Gasteiger partial charge in [-0.2, -0.15) is 0 Å². The molecule has 1 aromatic rings. The monoisotopic (exact) mass is 273 g/mol. The molecular formula is C14H18ClF2N. The van der Waals surface area contributed by atoms with E-state index in [9.17, 15) is 8.78 Å². The van der Waals surface area contributed by atoms with Crippen LogP contribution in [0.15, 0.2) is 18.2 Å². The van der Waals surface area contributed by atoms with E-state index in [1.165, 1.54) is 6.42 Å². The van der Waals surface area contributed by atoms with E-state index in [0.717, 1.165) is 32.0 Å². The molecule has 0 radical (unpaired) electrons. The molecular weight excluding hydrogens is 256 g/mol. The minimum atomic E-state index is -0.762. The number of alkyl halides is 1. The summed E-state index contributed by atoms with van der Waals surface area (Å²) < 4.78 is 26.7. The molecule has 1 saturated heterocycles. The summed E-state index contributed by atoms with van der Waals surface area (Å²) in [5.41, 5.74) is 0.446. The standard InChI is InChI=1S/C14H18ClF2N/c15-7-6-11-3-2-8-18(9-11)10-12-4-1-5-13(16)14(12)17/h1,4-5,11H,2-3,6-10H2. The maximum Gasteiger partial charge on any atom is 0.163 e. The van der Waals surface area contributed by atoms with Crippen molar-refractivity contribution in [1.29, 1.82) is 0 Å². The Hall–Kier alpha value is -0.670. The van der Waals surface area contributed by atoms with Gasteiger partial charge in [-0.1, -0.05) is 12.1 Å². The molecule has 0 aromatic heterocycles. The molecule has 2 rings (SSSR count). The van der Waals surface area contributed by atoms with Crippen molar-refractivity contribution < 1.29 is 8.78 Å². The highest BCUT2D eigenvalue weighted by atomic mass is 35.5. The van der Waals surface area contributed by atoms with Gasteiger partial charge in [0, 0.05) is 24.5 Å². The molecule has 1 heterocycles. The summed E-state index contributed by atoms with van der Waals surface area (Å²) in [6.45, 7) is 2.37. The summed E-state index contributed by atoms with van der Waals surface area (Å²) in [5, 5.41) is 0. The molecule has 0 spiro atoms. The van der Waals surface area contributed by atoms with Gasteiger partial charge in [-0.15, -0.1) is 11.6 Å². The number of likely N-dealkylation sites (tertiary alicyclic amines) is 1. The fraction of sp³-hybridized carbons (Fsp3) is 0.571. The van der Waals surface area contributed by atoms with Gasteiger partial charge in [0.05, 0.1) is 0 Å². The van der Waals surface area contributed by atoms with Crippen molar-refractivity contribution in [2.75, 3.05) is 19.0 Å². The Kier molecular flexibility index (Phi) is 4.95. The molecule has 1 aliphatic rings. The minimum absolute atomic E-state index is 0.446. The molecule has 1 atom stereocenters. The number of piperidine rings is 1. The summed E-state index contributed by atoms with van der Waals surface area (Å²) in [5.74, 6) is -0.209. The molecule has 0 N–H and O–H groups in total. The maximum absolute atomic E-state index is 13.6. The SMILES string of the molecule is Fc1cccc(CN2CCCC(CCCl)C2)c1F. The van der Waals surface area contributed by atoms with E-state index < -0.39 is 11.6 Å². The van der Waals surface area contributed by atoms with Crippen LogP contribution in [0.25, 0.3) is 0 Å². The summed E-state index contributed by atoms with van der Waals surface area (Å²) in [6.07, 6.45) is 3.30. The maximum atomic E-state index is 13.6. The molecule has 1 aromatic carbocycles. The highest BCUT2D eigenvalue weighted by Crippen LogP contribution is 2.22. The number of nitrogens with zero attached hydrogens (tertiary/aromatic N) is 1. The second-order valence-electron chi connectivity index (χ2n) is 4.93. The number of hydrogen-bond donors (Lipinski definition) is 0. The lowest BCUT2D eigenvalue weighted by Crippen LogP contribution is -2.35. The van der Waals surface area contributed by atoms with Crippen LogP contribution in [0.3, 0.4) is 0 Å². The van der Waals surface area contributed by atoms with Gasteiger partial charge in [-0.05, 0) is 37.8 Å². The third-order valence-corrected chi connectivity index (χ3v) is 3.76. The van der Waals surface area contributed by atoms with Crippen LogP contribution in [0.2, 0.25) is 0 Å². The van der Waals surface area contributed by atoms with E-state index in [0.29, 0.717) is 23.9 Å². The Morgan fingerprint density at radius 1 is 1.33 bits per heavy atom. The lowest BCUT2D eigenvalue weighted by molar-refractivity contribution is 0.163. The van der Waals surface area contributed by atoms with E-state index in [4.69, 9.17) is 11.6 Å². The average molecular weight is 274 g/mol. The van der Waals surface area contributed by atoms with Crippen LogP contribution < -0.4 is 0 Å². The van der Waals surface area contributed by atoms with Crippen LogP contribution in [-0.4, -0.2) is 23.9 Å². The van der Waals surface area contributed by atoms with Crippen molar-refractivity contribution >= 4 is 11.6 Å². The van der Waals surface area contributed by atoms with E-state index in [1.54, 1.807) is 12.1 Å². The third-order valence-electron chi connectivity index (χ3n) is 3.55. The normalized spacial score (nSPS) is 21.2. The predicted molar refractivity (Wildman–Crippen MR) is 69.7 cm³/mol. The summed E-state index contributed by atoms with van der Waals surface area (Å²) >= 11 is 5.76. The zero-order chi connectivity index (χ0) is 13.0.